The third-order valence-electron chi connectivity index (χ3n) is 10.9. The maximum absolute atomic E-state index is 10.2. The van der Waals surface area contributed by atoms with E-state index in [1.54, 1.807) is 12.2 Å². The largest absolute Gasteiger partial charge is 0.508 e. The van der Waals surface area contributed by atoms with Crippen molar-refractivity contribution in [3.63, 3.8) is 0 Å². The fraction of sp³-hybridized carbons (Fsp3) is 0.220. The molecule has 1 heteroatoms. The minimum atomic E-state index is 0.203. The molecule has 1 atom stereocenters. The van der Waals surface area contributed by atoms with E-state index in [4.69, 9.17) is 0 Å². The van der Waals surface area contributed by atoms with Crippen LogP contribution in [0.3, 0.4) is 0 Å². The van der Waals surface area contributed by atoms with E-state index in [1.807, 2.05) is 63.2 Å². The van der Waals surface area contributed by atoms with Gasteiger partial charge in [0.25, 0.3) is 0 Å². The average Bonchev–Trinajstić information content (AvgIpc) is 3.24. The van der Waals surface area contributed by atoms with Crippen molar-refractivity contribution >= 4 is 11.1 Å². The molecule has 0 radical (unpaired) electrons. The van der Waals surface area contributed by atoms with Crippen molar-refractivity contribution in [2.75, 3.05) is 0 Å². The van der Waals surface area contributed by atoms with E-state index in [0.29, 0.717) is 5.92 Å². The Labute approximate surface area is 362 Å². The summed E-state index contributed by atoms with van der Waals surface area (Å²) in [6.07, 6.45) is 10.9. The summed E-state index contributed by atoms with van der Waals surface area (Å²) in [6, 6.07) is 47.5. The standard InChI is InChI=1S/C43H44O.2C7H8.C2H6/c1-9-10-38(44)22-33(8)39-23-34(17-13-28(39)3)35-18-15-31(6)42(25-35)43-26-37(20-16-32(43)7)36-19-14-30(5)41(24-36)40-21-27(2)11-12-29(40)4;2*1-7-5-3-2-4-6-7;1-2/h9-23,25-26,41,44H,8,24H2,1-7H3;2*2-6H,1H3;1-2H3/b10-9-,38-22+;;;. The number of aliphatic hydroxyl groups is 1. The molecule has 0 spiro atoms. The van der Waals surface area contributed by atoms with Gasteiger partial charge in [-0.15, -0.1) is 0 Å². The van der Waals surface area contributed by atoms with Crippen LogP contribution in [0, 0.1) is 48.5 Å². The van der Waals surface area contributed by atoms with Crippen LogP contribution >= 0.6 is 0 Å². The molecule has 0 aliphatic heterocycles. The Morgan fingerprint density at radius 2 is 1.05 bits per heavy atom. The summed E-state index contributed by atoms with van der Waals surface area (Å²) in [6.45, 7) is 27.5. The van der Waals surface area contributed by atoms with Crippen LogP contribution in [0.4, 0.5) is 0 Å². The lowest BCUT2D eigenvalue weighted by Crippen LogP contribution is -2.08. The highest BCUT2D eigenvalue weighted by molar-refractivity contribution is 5.83. The molecule has 1 aliphatic rings. The first-order valence-corrected chi connectivity index (χ1v) is 21.4. The molecule has 1 unspecified atom stereocenters. The van der Waals surface area contributed by atoms with Crippen molar-refractivity contribution in [3.8, 4) is 22.3 Å². The van der Waals surface area contributed by atoms with Gasteiger partial charge < -0.3 is 5.11 Å². The highest BCUT2D eigenvalue weighted by Gasteiger charge is 2.22. The zero-order chi connectivity index (χ0) is 43.8. The van der Waals surface area contributed by atoms with E-state index in [2.05, 4.69) is 171 Å². The molecule has 0 amide bonds. The number of allylic oxidation sites excluding steroid dienone is 8. The second kappa shape index (κ2) is 22.8. The molecular formula is C59H66O. The van der Waals surface area contributed by atoms with E-state index >= 15 is 0 Å². The lowest BCUT2D eigenvalue weighted by atomic mass is 9.78. The Morgan fingerprint density at radius 1 is 0.550 bits per heavy atom. The quantitative estimate of drug-likeness (QED) is 0.126. The van der Waals surface area contributed by atoms with Crippen LogP contribution in [-0.2, 0) is 0 Å². The minimum Gasteiger partial charge on any atom is -0.508 e. The summed E-state index contributed by atoms with van der Waals surface area (Å²) in [5.74, 6) is 0.597. The normalized spacial score (nSPS) is 13.4. The van der Waals surface area contributed by atoms with Crippen LogP contribution in [0.25, 0.3) is 33.4 Å². The van der Waals surface area contributed by atoms with Crippen LogP contribution in [0.5, 0.6) is 0 Å². The monoisotopic (exact) mass is 791 g/mol. The zero-order valence-corrected chi connectivity index (χ0v) is 38.0. The molecular weight excluding hydrogens is 725 g/mol. The summed E-state index contributed by atoms with van der Waals surface area (Å²) >= 11 is 0. The number of hydrogen-bond acceptors (Lipinski definition) is 1. The summed E-state index contributed by atoms with van der Waals surface area (Å²) in [4.78, 5) is 0. The Balaban J connectivity index is 0.000000413. The molecule has 0 heterocycles. The molecule has 0 bridgehead atoms. The molecule has 6 aromatic carbocycles. The number of aliphatic hydroxyl groups excluding tert-OH is 1. The first-order chi connectivity index (χ1) is 28.8. The summed E-state index contributed by atoms with van der Waals surface area (Å²) in [5.41, 5.74) is 21.1. The van der Waals surface area contributed by atoms with Gasteiger partial charge in [-0.1, -0.05) is 176 Å². The molecule has 7 rings (SSSR count). The Kier molecular flexibility index (Phi) is 17.7. The fourth-order valence-corrected chi connectivity index (χ4v) is 7.40. The van der Waals surface area contributed by atoms with Gasteiger partial charge in [0.05, 0.1) is 0 Å². The van der Waals surface area contributed by atoms with E-state index in [1.165, 1.54) is 66.8 Å². The third kappa shape index (κ3) is 12.9. The lowest BCUT2D eigenvalue weighted by molar-refractivity contribution is 0.433. The van der Waals surface area contributed by atoms with Gasteiger partial charge in [-0.3, -0.25) is 0 Å². The topological polar surface area (TPSA) is 20.2 Å². The molecule has 1 N–H and O–H groups in total. The second-order valence-electron chi connectivity index (χ2n) is 15.7. The maximum atomic E-state index is 10.2. The number of hydrogen-bond donors (Lipinski definition) is 1. The van der Waals surface area contributed by atoms with Crippen molar-refractivity contribution in [2.24, 2.45) is 0 Å². The number of benzene rings is 6. The molecule has 0 aromatic heterocycles. The van der Waals surface area contributed by atoms with Crippen molar-refractivity contribution in [1.82, 2.24) is 0 Å². The van der Waals surface area contributed by atoms with E-state index in [-0.39, 0.29) is 5.76 Å². The second-order valence-corrected chi connectivity index (χ2v) is 15.7. The van der Waals surface area contributed by atoms with Gasteiger partial charge in [0.15, 0.2) is 0 Å². The lowest BCUT2D eigenvalue weighted by Gasteiger charge is -2.26. The van der Waals surface area contributed by atoms with E-state index in [0.717, 1.165) is 34.2 Å². The average molecular weight is 791 g/mol. The predicted molar refractivity (Wildman–Crippen MR) is 265 cm³/mol. The maximum Gasteiger partial charge on any atom is 0.115 e. The van der Waals surface area contributed by atoms with Crippen LogP contribution in [0.2, 0.25) is 0 Å². The molecule has 60 heavy (non-hydrogen) atoms. The van der Waals surface area contributed by atoms with Crippen molar-refractivity contribution in [3.05, 3.63) is 237 Å². The van der Waals surface area contributed by atoms with Gasteiger partial charge in [0.1, 0.15) is 5.76 Å². The Hall–Kier alpha value is -6.18. The summed E-state index contributed by atoms with van der Waals surface area (Å²) in [5, 5.41) is 10.2. The van der Waals surface area contributed by atoms with E-state index in [9.17, 15) is 5.11 Å². The van der Waals surface area contributed by atoms with Gasteiger partial charge in [0.2, 0.25) is 0 Å². The summed E-state index contributed by atoms with van der Waals surface area (Å²) < 4.78 is 0. The van der Waals surface area contributed by atoms with Gasteiger partial charge >= 0.3 is 0 Å². The van der Waals surface area contributed by atoms with Gasteiger partial charge in [0, 0.05) is 5.92 Å². The van der Waals surface area contributed by atoms with Crippen molar-refractivity contribution in [1.29, 1.82) is 0 Å². The third-order valence-corrected chi connectivity index (χ3v) is 10.9. The molecule has 308 valence electrons. The smallest absolute Gasteiger partial charge is 0.115 e. The van der Waals surface area contributed by atoms with Crippen molar-refractivity contribution in [2.45, 2.75) is 88.5 Å². The van der Waals surface area contributed by atoms with E-state index < -0.39 is 0 Å². The number of aryl methyl sites for hydroxylation is 7. The number of rotatable bonds is 7. The van der Waals surface area contributed by atoms with Crippen LogP contribution in [0.1, 0.15) is 95.7 Å². The van der Waals surface area contributed by atoms with Gasteiger partial charge in [-0.2, -0.15) is 0 Å². The highest BCUT2D eigenvalue weighted by Crippen LogP contribution is 2.41. The Morgan fingerprint density at radius 3 is 1.58 bits per heavy atom. The van der Waals surface area contributed by atoms with Crippen LogP contribution < -0.4 is 0 Å². The first-order valence-electron chi connectivity index (χ1n) is 21.4. The van der Waals surface area contributed by atoms with Crippen LogP contribution in [-0.4, -0.2) is 5.11 Å². The first kappa shape index (κ1) is 46.5. The van der Waals surface area contributed by atoms with Crippen LogP contribution in [0.15, 0.2) is 182 Å². The van der Waals surface area contributed by atoms with Gasteiger partial charge in [-0.25, -0.2) is 0 Å². The molecule has 0 saturated carbocycles. The highest BCUT2D eigenvalue weighted by atomic mass is 16.3. The Bertz CT molecular complexity index is 2430. The minimum absolute atomic E-state index is 0.203. The molecule has 1 nitrogen and oxygen atoms in total. The van der Waals surface area contributed by atoms with Gasteiger partial charge in [-0.05, 0) is 171 Å². The molecule has 1 aliphatic carbocycles. The molecule has 0 saturated heterocycles. The predicted octanol–water partition coefficient (Wildman–Crippen LogP) is 17.1. The zero-order valence-electron chi connectivity index (χ0n) is 38.0. The molecule has 0 fully saturated rings. The van der Waals surface area contributed by atoms with Crippen molar-refractivity contribution < 1.29 is 5.11 Å². The fourth-order valence-electron chi connectivity index (χ4n) is 7.40. The SMILES string of the molecule is C=C(/C=C(O)\C=C/C)c1cc(-c2ccc(C)c(-c3cc(C4=CC=C(C)C(c5cc(C)ccc5C)C4)ccc3C)c2)ccc1C.CC.Cc1ccccc1.Cc1ccccc1. The molecule has 6 aromatic rings. The summed E-state index contributed by atoms with van der Waals surface area (Å²) in [7, 11) is 0.